The van der Waals surface area contributed by atoms with Gasteiger partial charge in [-0.15, -0.1) is 0 Å². The molecule has 2 aliphatic carbocycles. The highest BCUT2D eigenvalue weighted by Crippen LogP contribution is 2.45. The monoisotopic (exact) mass is 582 g/mol. The zero-order chi connectivity index (χ0) is 32.4. The maximum Gasteiger partial charge on any atom is 0.0807 e. The Kier molecular flexibility index (Phi) is 13.2. The summed E-state index contributed by atoms with van der Waals surface area (Å²) in [6.45, 7) is 23.5. The summed E-state index contributed by atoms with van der Waals surface area (Å²) in [5, 5.41) is 20.6. The molecule has 2 aliphatic rings. The fourth-order valence-electron chi connectivity index (χ4n) is 6.68. The van der Waals surface area contributed by atoms with Crippen LogP contribution < -0.4 is 0 Å². The van der Waals surface area contributed by atoms with Crippen LogP contribution >= 0.6 is 0 Å². The van der Waals surface area contributed by atoms with E-state index in [4.69, 9.17) is 0 Å². The number of aliphatic hydroxyl groups is 2. The molecule has 2 nitrogen and oxygen atoms in total. The molecule has 0 fully saturated rings. The number of hydrogen-bond donors (Lipinski definition) is 2. The molecule has 0 radical (unpaired) electrons. The Balaban J connectivity index is 1.91. The summed E-state index contributed by atoms with van der Waals surface area (Å²) in [6, 6.07) is 0. The van der Waals surface area contributed by atoms with Crippen molar-refractivity contribution in [2.75, 3.05) is 0 Å². The van der Waals surface area contributed by atoms with Crippen LogP contribution in [0.3, 0.4) is 0 Å². The van der Waals surface area contributed by atoms with Crippen LogP contribution in [0, 0.1) is 16.7 Å². The van der Waals surface area contributed by atoms with E-state index in [1.807, 2.05) is 13.0 Å². The predicted octanol–water partition coefficient (Wildman–Crippen LogP) is 10.8. The summed E-state index contributed by atoms with van der Waals surface area (Å²) in [4.78, 5) is 0. The Hall–Kier alpha value is -2.94. The zero-order valence-electron chi connectivity index (χ0n) is 28.8. The van der Waals surface area contributed by atoms with E-state index in [9.17, 15) is 10.2 Å². The van der Waals surface area contributed by atoms with Gasteiger partial charge in [0, 0.05) is 5.92 Å². The molecule has 0 aromatic carbocycles. The Labute approximate surface area is 263 Å². The lowest BCUT2D eigenvalue weighted by Crippen LogP contribution is -2.39. The van der Waals surface area contributed by atoms with Gasteiger partial charge in [0.2, 0.25) is 0 Å². The normalized spacial score (nSPS) is 28.0. The van der Waals surface area contributed by atoms with E-state index in [1.54, 1.807) is 0 Å². The SMILES string of the molecule is CC(C=CC=C(C)C=CC1=C(C)CC(O)CC1(C)C)=CC=CC=C(C)C=CC=C(C)C=CC1C(C)=CC(C)(O)CC1(C)C. The molecule has 0 bridgehead atoms. The fourth-order valence-corrected chi connectivity index (χ4v) is 6.68. The third-order valence-corrected chi connectivity index (χ3v) is 8.49. The van der Waals surface area contributed by atoms with E-state index < -0.39 is 5.60 Å². The Morgan fingerprint density at radius 1 is 0.744 bits per heavy atom. The van der Waals surface area contributed by atoms with Gasteiger partial charge in [0.25, 0.3) is 0 Å². The van der Waals surface area contributed by atoms with Gasteiger partial charge in [-0.2, -0.15) is 0 Å². The molecule has 3 atom stereocenters. The van der Waals surface area contributed by atoms with Crippen molar-refractivity contribution in [2.24, 2.45) is 16.7 Å². The van der Waals surface area contributed by atoms with Gasteiger partial charge in [-0.25, -0.2) is 0 Å². The van der Waals surface area contributed by atoms with Crippen molar-refractivity contribution in [1.29, 1.82) is 0 Å². The fraction of sp³-hybridized carbons (Fsp3) is 0.463. The van der Waals surface area contributed by atoms with E-state index >= 15 is 0 Å². The van der Waals surface area contributed by atoms with Gasteiger partial charge >= 0.3 is 0 Å². The molecule has 0 aliphatic heterocycles. The minimum absolute atomic E-state index is 0.00422. The number of allylic oxidation sites excluding steroid dienone is 20. The van der Waals surface area contributed by atoms with Crippen molar-refractivity contribution in [3.8, 4) is 0 Å². The molecule has 0 amide bonds. The maximum atomic E-state index is 10.5. The topological polar surface area (TPSA) is 40.5 Å². The summed E-state index contributed by atoms with van der Waals surface area (Å²) in [5.41, 5.74) is 7.95. The molecule has 43 heavy (non-hydrogen) atoms. The third-order valence-electron chi connectivity index (χ3n) is 8.49. The summed E-state index contributed by atoms with van der Waals surface area (Å²) in [7, 11) is 0. The van der Waals surface area contributed by atoms with E-state index in [0.717, 1.165) is 19.3 Å². The molecule has 2 heteroatoms. The van der Waals surface area contributed by atoms with Crippen molar-refractivity contribution in [3.05, 3.63) is 130 Å². The highest BCUT2D eigenvalue weighted by atomic mass is 16.3. The number of aliphatic hydroxyl groups excluding tert-OH is 1. The minimum atomic E-state index is -0.722. The first-order valence-electron chi connectivity index (χ1n) is 15.8. The summed E-state index contributed by atoms with van der Waals surface area (Å²) >= 11 is 0. The van der Waals surface area contributed by atoms with Gasteiger partial charge < -0.3 is 10.2 Å². The Bertz CT molecular complexity index is 1320. The molecule has 2 rings (SSSR count). The van der Waals surface area contributed by atoms with E-state index in [-0.39, 0.29) is 16.9 Å². The van der Waals surface area contributed by atoms with Crippen molar-refractivity contribution >= 4 is 0 Å². The maximum absolute atomic E-state index is 10.5. The van der Waals surface area contributed by atoms with Gasteiger partial charge in [0.05, 0.1) is 11.7 Å². The van der Waals surface area contributed by atoms with Crippen LogP contribution in [-0.2, 0) is 0 Å². The molecule has 2 N–H and O–H groups in total. The highest BCUT2D eigenvalue weighted by molar-refractivity contribution is 5.38. The van der Waals surface area contributed by atoms with Crippen molar-refractivity contribution in [2.45, 2.75) is 107 Å². The van der Waals surface area contributed by atoms with Crippen LogP contribution in [-0.4, -0.2) is 21.9 Å². The molecule has 0 aromatic heterocycles. The van der Waals surface area contributed by atoms with Gasteiger partial charge in [-0.05, 0) is 84.1 Å². The minimum Gasteiger partial charge on any atom is -0.393 e. The lowest BCUT2D eigenvalue weighted by Gasteiger charge is -2.43. The molecule has 0 aromatic rings. The van der Waals surface area contributed by atoms with Gasteiger partial charge in [0.1, 0.15) is 0 Å². The second kappa shape index (κ2) is 15.7. The Morgan fingerprint density at radius 2 is 1.23 bits per heavy atom. The van der Waals surface area contributed by atoms with Gasteiger partial charge in [-0.3, -0.25) is 0 Å². The lowest BCUT2D eigenvalue weighted by atomic mass is 9.64. The van der Waals surface area contributed by atoms with Crippen LogP contribution in [0.25, 0.3) is 0 Å². The second-order valence-electron chi connectivity index (χ2n) is 14.5. The summed E-state index contributed by atoms with van der Waals surface area (Å²) in [6.07, 6.45) is 34.1. The second-order valence-corrected chi connectivity index (χ2v) is 14.5. The van der Waals surface area contributed by atoms with E-state index in [1.165, 1.54) is 39.0 Å². The van der Waals surface area contributed by atoms with Crippen LogP contribution in [0.1, 0.15) is 95.4 Å². The summed E-state index contributed by atoms with van der Waals surface area (Å²) < 4.78 is 0. The quantitative estimate of drug-likeness (QED) is 0.199. The molecule has 234 valence electrons. The third kappa shape index (κ3) is 12.3. The van der Waals surface area contributed by atoms with Crippen LogP contribution in [0.4, 0.5) is 0 Å². The van der Waals surface area contributed by atoms with Crippen molar-refractivity contribution in [1.82, 2.24) is 0 Å². The molecule has 0 saturated heterocycles. The first-order valence-corrected chi connectivity index (χ1v) is 15.8. The highest BCUT2D eigenvalue weighted by Gasteiger charge is 2.39. The molecular weight excluding hydrogens is 524 g/mol. The van der Waals surface area contributed by atoms with Crippen molar-refractivity contribution < 1.29 is 10.2 Å². The molecule has 0 saturated carbocycles. The van der Waals surface area contributed by atoms with Crippen molar-refractivity contribution in [3.63, 3.8) is 0 Å². The molecule has 0 heterocycles. The van der Waals surface area contributed by atoms with E-state index in [0.29, 0.717) is 5.92 Å². The lowest BCUT2D eigenvalue weighted by molar-refractivity contribution is 0.0345. The first kappa shape index (κ1) is 36.3. The molecule has 0 spiro atoms. The van der Waals surface area contributed by atoms with Crippen LogP contribution in [0.5, 0.6) is 0 Å². The Morgan fingerprint density at radius 3 is 1.74 bits per heavy atom. The largest absolute Gasteiger partial charge is 0.393 e. The number of hydrogen-bond acceptors (Lipinski definition) is 2. The molecular formula is C41H58O2. The van der Waals surface area contributed by atoms with Crippen LogP contribution in [0.15, 0.2) is 130 Å². The molecule has 3 unspecified atom stereocenters. The van der Waals surface area contributed by atoms with Gasteiger partial charge in [-0.1, -0.05) is 152 Å². The average Bonchev–Trinajstić information content (AvgIpc) is 2.83. The standard InChI is InChI=1S/C41H58O2/c1-30(18-14-20-32(3)22-24-37-34(5)26-36(42)28-39(37,7)8)16-12-13-17-31(2)19-15-21-33(4)23-25-38-35(6)27-41(11,43)29-40(38,9)10/h12-25,27,36,38,42-43H,26,28-29H2,1-11H3. The smallest absolute Gasteiger partial charge is 0.0807 e. The summed E-state index contributed by atoms with van der Waals surface area (Å²) in [5.74, 6) is 0.327. The number of rotatable bonds is 10. The van der Waals surface area contributed by atoms with E-state index in [2.05, 4.69) is 154 Å². The predicted molar refractivity (Wildman–Crippen MR) is 189 cm³/mol. The first-order chi connectivity index (χ1) is 19.9. The van der Waals surface area contributed by atoms with Gasteiger partial charge in [0.15, 0.2) is 0 Å². The average molecular weight is 583 g/mol. The van der Waals surface area contributed by atoms with Crippen LogP contribution in [0.2, 0.25) is 0 Å². The zero-order valence-corrected chi connectivity index (χ0v) is 28.8.